The first kappa shape index (κ1) is 14.3. The number of nitrogens with one attached hydrogen (secondary N) is 1. The molecule has 1 saturated heterocycles. The van der Waals surface area contributed by atoms with Crippen LogP contribution in [0.2, 0.25) is 0 Å². The molecule has 0 spiro atoms. The van der Waals surface area contributed by atoms with E-state index in [0.29, 0.717) is 18.3 Å². The number of nitrogens with two attached hydrogens (primary N) is 1. The number of carbonyl (C=O) groups excluding carboxylic acids is 1. The molecule has 1 atom stereocenters. The van der Waals surface area contributed by atoms with Gasteiger partial charge in [-0.2, -0.15) is 0 Å². The van der Waals surface area contributed by atoms with E-state index >= 15 is 0 Å². The lowest BCUT2D eigenvalue weighted by Gasteiger charge is -2.34. The van der Waals surface area contributed by atoms with Gasteiger partial charge >= 0.3 is 0 Å². The van der Waals surface area contributed by atoms with Crippen LogP contribution in [0.5, 0.6) is 0 Å². The van der Waals surface area contributed by atoms with E-state index in [0.717, 1.165) is 19.4 Å². The first-order chi connectivity index (χ1) is 9.52. The third-order valence-electron chi connectivity index (χ3n) is 3.63. The Balaban J connectivity index is 2.38. The van der Waals surface area contributed by atoms with Gasteiger partial charge in [-0.15, -0.1) is 0 Å². The molecule has 0 aliphatic carbocycles. The number of amides is 1. The van der Waals surface area contributed by atoms with Crippen LogP contribution in [0, 0.1) is 10.1 Å². The molecule has 7 nitrogen and oxygen atoms in total. The second-order valence-corrected chi connectivity index (χ2v) is 4.90. The number of piperidine rings is 1. The third kappa shape index (κ3) is 2.88. The van der Waals surface area contributed by atoms with E-state index in [-0.39, 0.29) is 11.3 Å². The van der Waals surface area contributed by atoms with E-state index in [9.17, 15) is 14.9 Å². The maximum atomic E-state index is 11.3. The molecule has 108 valence electrons. The molecule has 1 fully saturated rings. The summed E-state index contributed by atoms with van der Waals surface area (Å²) in [6, 6.07) is 4.54. The van der Waals surface area contributed by atoms with Crippen molar-refractivity contribution in [3.63, 3.8) is 0 Å². The molecular formula is C13H18N4O3. The van der Waals surface area contributed by atoms with Gasteiger partial charge in [0.1, 0.15) is 5.69 Å². The van der Waals surface area contributed by atoms with E-state index < -0.39 is 10.8 Å². The molecule has 1 aliphatic rings. The molecule has 0 saturated carbocycles. The van der Waals surface area contributed by atoms with E-state index in [1.165, 1.54) is 18.2 Å². The molecule has 0 radical (unpaired) electrons. The zero-order valence-electron chi connectivity index (χ0n) is 11.3. The normalized spacial score (nSPS) is 18.9. The first-order valence-corrected chi connectivity index (χ1v) is 6.53. The molecule has 0 aromatic heterocycles. The summed E-state index contributed by atoms with van der Waals surface area (Å²) >= 11 is 0. The number of hydrogen-bond donors (Lipinski definition) is 2. The largest absolute Gasteiger partial charge is 0.366 e. The van der Waals surface area contributed by atoms with Crippen LogP contribution in [-0.2, 0) is 0 Å². The number of likely N-dealkylation sites (N-methyl/N-ethyl adjacent to an activating group) is 1. The number of benzene rings is 1. The van der Waals surface area contributed by atoms with E-state index in [1.807, 2.05) is 11.9 Å². The SMILES string of the molecule is CNC1CCCN(c2cc(C(N)=O)ccc2[N+](=O)[O-])C1. The number of carbonyl (C=O) groups is 1. The number of nitro groups is 1. The van der Waals surface area contributed by atoms with E-state index in [1.54, 1.807) is 0 Å². The Kier molecular flexibility index (Phi) is 4.19. The monoisotopic (exact) mass is 278 g/mol. The Morgan fingerprint density at radius 3 is 2.90 bits per heavy atom. The van der Waals surface area contributed by atoms with Crippen molar-refractivity contribution in [1.82, 2.24) is 5.32 Å². The van der Waals surface area contributed by atoms with Gasteiger partial charge in [0.25, 0.3) is 5.69 Å². The Labute approximate surface area is 116 Å². The highest BCUT2D eigenvalue weighted by Crippen LogP contribution is 2.31. The van der Waals surface area contributed by atoms with Crippen molar-refractivity contribution in [3.8, 4) is 0 Å². The van der Waals surface area contributed by atoms with Gasteiger partial charge in [-0.25, -0.2) is 0 Å². The summed E-state index contributed by atoms with van der Waals surface area (Å²) in [6.45, 7) is 1.42. The fraction of sp³-hybridized carbons (Fsp3) is 0.462. The molecular weight excluding hydrogens is 260 g/mol. The van der Waals surface area contributed by atoms with Crippen LogP contribution in [0.1, 0.15) is 23.2 Å². The predicted octanol–water partition coefficient (Wildman–Crippen LogP) is 0.882. The van der Waals surface area contributed by atoms with Crippen LogP contribution >= 0.6 is 0 Å². The van der Waals surface area contributed by atoms with Gasteiger partial charge in [-0.1, -0.05) is 0 Å². The summed E-state index contributed by atoms with van der Waals surface area (Å²) in [5.74, 6) is -0.580. The minimum atomic E-state index is -0.580. The molecule has 1 aromatic carbocycles. The lowest BCUT2D eigenvalue weighted by molar-refractivity contribution is -0.384. The summed E-state index contributed by atoms with van der Waals surface area (Å²) in [5, 5.41) is 14.3. The van der Waals surface area contributed by atoms with Crippen molar-refractivity contribution in [1.29, 1.82) is 0 Å². The first-order valence-electron chi connectivity index (χ1n) is 6.53. The van der Waals surface area contributed by atoms with Gasteiger partial charge in [0.05, 0.1) is 4.92 Å². The van der Waals surface area contributed by atoms with Gasteiger partial charge in [0.15, 0.2) is 0 Å². The number of primary amides is 1. The number of anilines is 1. The highest BCUT2D eigenvalue weighted by atomic mass is 16.6. The lowest BCUT2D eigenvalue weighted by atomic mass is 10.0. The molecule has 20 heavy (non-hydrogen) atoms. The summed E-state index contributed by atoms with van der Waals surface area (Å²) < 4.78 is 0. The maximum Gasteiger partial charge on any atom is 0.292 e. The zero-order chi connectivity index (χ0) is 14.7. The molecule has 2 rings (SSSR count). The van der Waals surface area contributed by atoms with Crippen LogP contribution in [0.3, 0.4) is 0 Å². The van der Waals surface area contributed by atoms with Gasteiger partial charge in [0.2, 0.25) is 5.91 Å². The summed E-state index contributed by atoms with van der Waals surface area (Å²) in [6.07, 6.45) is 1.99. The standard InChI is InChI=1S/C13H18N4O3/c1-15-10-3-2-6-16(8-10)12-7-9(13(14)18)4-5-11(12)17(19)20/h4-5,7,10,15H,2-3,6,8H2,1H3,(H2,14,18). The highest BCUT2D eigenvalue weighted by Gasteiger charge is 2.25. The summed E-state index contributed by atoms with van der Waals surface area (Å²) in [4.78, 5) is 23.9. The molecule has 1 heterocycles. The van der Waals surface area contributed by atoms with Crippen LogP contribution in [0.4, 0.5) is 11.4 Å². The fourth-order valence-corrected chi connectivity index (χ4v) is 2.52. The molecule has 1 unspecified atom stereocenters. The molecule has 1 amide bonds. The average Bonchev–Trinajstić information content (AvgIpc) is 2.46. The van der Waals surface area contributed by atoms with Crippen LogP contribution in [-0.4, -0.2) is 37.0 Å². The van der Waals surface area contributed by atoms with Crippen molar-refractivity contribution in [3.05, 3.63) is 33.9 Å². The van der Waals surface area contributed by atoms with Gasteiger partial charge < -0.3 is 16.0 Å². The predicted molar refractivity (Wildman–Crippen MR) is 75.9 cm³/mol. The number of hydrogen-bond acceptors (Lipinski definition) is 5. The van der Waals surface area contributed by atoms with Crippen molar-refractivity contribution < 1.29 is 9.72 Å². The van der Waals surface area contributed by atoms with Gasteiger partial charge in [0, 0.05) is 30.8 Å². The minimum absolute atomic E-state index is 0.00625. The number of rotatable bonds is 4. The summed E-state index contributed by atoms with van der Waals surface area (Å²) in [5.41, 5.74) is 6.01. The van der Waals surface area contributed by atoms with Crippen LogP contribution in [0.25, 0.3) is 0 Å². The highest BCUT2D eigenvalue weighted by molar-refractivity contribution is 5.94. The van der Waals surface area contributed by atoms with Crippen molar-refractivity contribution in [2.45, 2.75) is 18.9 Å². The minimum Gasteiger partial charge on any atom is -0.366 e. The summed E-state index contributed by atoms with van der Waals surface area (Å²) in [7, 11) is 1.88. The van der Waals surface area contributed by atoms with Gasteiger partial charge in [-0.05, 0) is 32.0 Å². The third-order valence-corrected chi connectivity index (χ3v) is 3.63. The second-order valence-electron chi connectivity index (χ2n) is 4.90. The number of nitrogens with zero attached hydrogens (tertiary/aromatic N) is 2. The van der Waals surface area contributed by atoms with Gasteiger partial charge in [-0.3, -0.25) is 14.9 Å². The molecule has 1 aromatic rings. The Morgan fingerprint density at radius 2 is 2.30 bits per heavy atom. The Morgan fingerprint density at radius 1 is 1.55 bits per heavy atom. The average molecular weight is 278 g/mol. The Bertz CT molecular complexity index is 532. The van der Waals surface area contributed by atoms with Crippen molar-refractivity contribution >= 4 is 17.3 Å². The van der Waals surface area contributed by atoms with Crippen molar-refractivity contribution in [2.24, 2.45) is 5.73 Å². The Hall–Kier alpha value is -2.15. The maximum absolute atomic E-state index is 11.3. The second kappa shape index (κ2) is 5.87. The molecule has 3 N–H and O–H groups in total. The lowest BCUT2D eigenvalue weighted by Crippen LogP contribution is -2.44. The molecule has 1 aliphatic heterocycles. The van der Waals surface area contributed by atoms with Crippen molar-refractivity contribution in [2.75, 3.05) is 25.0 Å². The zero-order valence-corrected chi connectivity index (χ0v) is 11.3. The van der Waals surface area contributed by atoms with Crippen LogP contribution < -0.4 is 16.0 Å². The smallest absolute Gasteiger partial charge is 0.292 e. The number of nitro benzene ring substituents is 1. The topological polar surface area (TPSA) is 102 Å². The van der Waals surface area contributed by atoms with E-state index in [2.05, 4.69) is 5.32 Å². The quantitative estimate of drug-likeness (QED) is 0.629. The fourth-order valence-electron chi connectivity index (χ4n) is 2.52. The van der Waals surface area contributed by atoms with E-state index in [4.69, 9.17) is 5.73 Å². The van der Waals surface area contributed by atoms with Crippen LogP contribution in [0.15, 0.2) is 18.2 Å². The molecule has 7 heteroatoms. The molecule has 0 bridgehead atoms.